The van der Waals surface area contributed by atoms with Gasteiger partial charge in [0.05, 0.1) is 18.8 Å². The molecule has 2 aliphatic rings. The summed E-state index contributed by atoms with van der Waals surface area (Å²) in [5.41, 5.74) is 0.763. The van der Waals surface area contributed by atoms with Crippen LogP contribution in [0, 0.1) is 5.92 Å². The fourth-order valence-electron chi connectivity index (χ4n) is 4.81. The molecule has 0 unspecified atom stereocenters. The highest BCUT2D eigenvalue weighted by Gasteiger charge is 2.38. The van der Waals surface area contributed by atoms with Gasteiger partial charge in [-0.05, 0) is 24.3 Å². The van der Waals surface area contributed by atoms with E-state index in [1.807, 2.05) is 18.2 Å². The quantitative estimate of drug-likeness (QED) is 0.528. The molecule has 0 saturated carbocycles. The topological polar surface area (TPSA) is 122 Å². The molecule has 1 saturated heterocycles. The molecule has 186 valence electrons. The SMILES string of the molecule is CN1CCNC(=O)C[C@@H]2CN(C(=O)c3ccccc3)C[C@@H]2n2cc(nn2)Cn2cccc(c2=O)C1=O. The maximum Gasteiger partial charge on any atom is 0.263 e. The van der Waals surface area contributed by atoms with Gasteiger partial charge in [0, 0.05) is 57.3 Å². The minimum Gasteiger partial charge on any atom is -0.354 e. The number of hydrogen-bond acceptors (Lipinski definition) is 6. The Labute approximate surface area is 207 Å². The molecule has 11 nitrogen and oxygen atoms in total. The van der Waals surface area contributed by atoms with Crippen LogP contribution in [0.25, 0.3) is 0 Å². The van der Waals surface area contributed by atoms with E-state index in [2.05, 4.69) is 15.6 Å². The molecule has 3 aromatic rings. The summed E-state index contributed by atoms with van der Waals surface area (Å²) in [6.45, 7) is 1.45. The number of hydrogen-bond donors (Lipinski definition) is 1. The highest BCUT2D eigenvalue weighted by atomic mass is 16.2. The minimum atomic E-state index is -0.418. The first-order chi connectivity index (χ1) is 17.4. The van der Waals surface area contributed by atoms with Crippen LogP contribution < -0.4 is 10.9 Å². The van der Waals surface area contributed by atoms with E-state index < -0.39 is 11.5 Å². The second-order valence-corrected chi connectivity index (χ2v) is 9.23. The first-order valence-electron chi connectivity index (χ1n) is 11.9. The molecule has 5 rings (SSSR count). The number of likely N-dealkylation sites (N-methyl/N-ethyl adjacent to an activating group) is 1. The first-order valence-corrected chi connectivity index (χ1v) is 11.9. The van der Waals surface area contributed by atoms with Crippen molar-refractivity contribution in [1.29, 1.82) is 0 Å². The lowest BCUT2D eigenvalue weighted by Crippen LogP contribution is -2.39. The third kappa shape index (κ3) is 4.64. The number of nitrogens with one attached hydrogen (secondary N) is 1. The molecule has 36 heavy (non-hydrogen) atoms. The number of nitrogens with zero attached hydrogens (tertiary/aromatic N) is 6. The van der Waals surface area contributed by atoms with Crippen LogP contribution in [0.3, 0.4) is 0 Å². The molecule has 4 heterocycles. The number of pyridine rings is 1. The molecule has 1 aromatic carbocycles. The Balaban J connectivity index is 1.46. The summed E-state index contributed by atoms with van der Waals surface area (Å²) in [6, 6.07) is 11.9. The zero-order valence-corrected chi connectivity index (χ0v) is 19.9. The number of carbonyl (C=O) groups excluding carboxylic acids is 3. The standard InChI is InChI=1S/C25H27N7O4/c1-29-11-9-26-22(33)12-18-13-31(23(34)17-6-3-2-4-7-17)16-21(18)32-15-19(27-28-32)14-30-10-5-8-20(24(29)35)25(30)36/h2-8,10,15,18,21H,9,11-14,16H2,1H3,(H,26,33)/t18-,21+/m1/s1. The summed E-state index contributed by atoms with van der Waals surface area (Å²) in [5, 5.41) is 11.4. The van der Waals surface area contributed by atoms with Crippen molar-refractivity contribution in [1.82, 2.24) is 34.7 Å². The van der Waals surface area contributed by atoms with Gasteiger partial charge in [-0.3, -0.25) is 19.2 Å². The molecule has 1 N–H and O–H groups in total. The second-order valence-electron chi connectivity index (χ2n) is 9.23. The Hall–Kier alpha value is -4.28. The van der Waals surface area contributed by atoms with E-state index in [1.54, 1.807) is 47.2 Å². The molecule has 2 atom stereocenters. The molecule has 0 spiro atoms. The Morgan fingerprint density at radius 2 is 1.86 bits per heavy atom. The molecule has 4 bridgehead atoms. The predicted molar refractivity (Wildman–Crippen MR) is 129 cm³/mol. The monoisotopic (exact) mass is 489 g/mol. The van der Waals surface area contributed by atoms with E-state index in [0.29, 0.717) is 24.3 Å². The maximum atomic E-state index is 13.1. The van der Waals surface area contributed by atoms with Crippen molar-refractivity contribution in [3.63, 3.8) is 0 Å². The largest absolute Gasteiger partial charge is 0.354 e. The lowest BCUT2D eigenvalue weighted by Gasteiger charge is -2.20. The number of amides is 3. The van der Waals surface area contributed by atoms with Crippen LogP contribution in [0.1, 0.15) is 38.9 Å². The van der Waals surface area contributed by atoms with Crippen molar-refractivity contribution < 1.29 is 14.4 Å². The van der Waals surface area contributed by atoms with Crippen molar-refractivity contribution >= 4 is 17.7 Å². The van der Waals surface area contributed by atoms with Crippen LogP contribution in [-0.2, 0) is 11.3 Å². The zero-order chi connectivity index (χ0) is 25.2. The highest BCUT2D eigenvalue weighted by Crippen LogP contribution is 2.31. The van der Waals surface area contributed by atoms with Crippen LogP contribution in [0.15, 0.2) is 59.7 Å². The molecule has 11 heteroatoms. The fourth-order valence-corrected chi connectivity index (χ4v) is 4.81. The lowest BCUT2D eigenvalue weighted by molar-refractivity contribution is -0.122. The number of likely N-dealkylation sites (tertiary alicyclic amines) is 1. The number of carbonyl (C=O) groups is 3. The van der Waals surface area contributed by atoms with Gasteiger partial charge in [-0.15, -0.1) is 5.10 Å². The van der Waals surface area contributed by atoms with E-state index in [9.17, 15) is 19.2 Å². The van der Waals surface area contributed by atoms with Gasteiger partial charge >= 0.3 is 0 Å². The van der Waals surface area contributed by atoms with Gasteiger partial charge in [0.2, 0.25) is 5.91 Å². The fraction of sp³-hybridized carbons (Fsp3) is 0.360. The molecule has 0 aliphatic carbocycles. The van der Waals surface area contributed by atoms with E-state index in [4.69, 9.17) is 0 Å². The summed E-state index contributed by atoms with van der Waals surface area (Å²) in [5.74, 6) is -0.858. The van der Waals surface area contributed by atoms with Crippen LogP contribution in [0.2, 0.25) is 0 Å². The number of rotatable bonds is 1. The number of fused-ring (bicyclic) bond motifs is 6. The van der Waals surface area contributed by atoms with Crippen molar-refractivity contribution in [2.45, 2.75) is 19.0 Å². The third-order valence-electron chi connectivity index (χ3n) is 6.76. The van der Waals surface area contributed by atoms with Crippen molar-refractivity contribution in [3.8, 4) is 0 Å². The molecular weight excluding hydrogens is 462 g/mol. The average molecular weight is 490 g/mol. The van der Waals surface area contributed by atoms with Gasteiger partial charge in [-0.2, -0.15) is 0 Å². The zero-order valence-electron chi connectivity index (χ0n) is 19.9. The van der Waals surface area contributed by atoms with Gasteiger partial charge in [-0.1, -0.05) is 23.4 Å². The van der Waals surface area contributed by atoms with Crippen LogP contribution >= 0.6 is 0 Å². The number of benzene rings is 1. The minimum absolute atomic E-state index is 0.0525. The summed E-state index contributed by atoms with van der Waals surface area (Å²) >= 11 is 0. The first kappa shape index (κ1) is 23.5. The molecule has 3 amide bonds. The number of aromatic nitrogens is 4. The second kappa shape index (κ2) is 9.76. The molecule has 2 aromatic heterocycles. The van der Waals surface area contributed by atoms with E-state index in [1.165, 1.54) is 15.5 Å². The Morgan fingerprint density at radius 1 is 1.06 bits per heavy atom. The van der Waals surface area contributed by atoms with Gasteiger partial charge in [0.15, 0.2) is 0 Å². The Bertz CT molecular complexity index is 1350. The van der Waals surface area contributed by atoms with Crippen LogP contribution in [0.4, 0.5) is 0 Å². The summed E-state index contributed by atoms with van der Waals surface area (Å²) < 4.78 is 3.12. The van der Waals surface area contributed by atoms with Crippen LogP contribution in [0.5, 0.6) is 0 Å². The van der Waals surface area contributed by atoms with Gasteiger partial charge < -0.3 is 19.7 Å². The van der Waals surface area contributed by atoms with E-state index >= 15 is 0 Å². The summed E-state index contributed by atoms with van der Waals surface area (Å²) in [4.78, 5) is 54.9. The molecular formula is C25H27N7O4. The smallest absolute Gasteiger partial charge is 0.263 e. The van der Waals surface area contributed by atoms with Crippen molar-refractivity contribution in [2.24, 2.45) is 5.92 Å². The molecule has 1 fully saturated rings. The van der Waals surface area contributed by atoms with Gasteiger partial charge in [-0.25, -0.2) is 4.68 Å². The van der Waals surface area contributed by atoms with E-state index in [-0.39, 0.29) is 55.4 Å². The van der Waals surface area contributed by atoms with Crippen LogP contribution in [-0.4, -0.2) is 80.3 Å². The summed E-state index contributed by atoms with van der Waals surface area (Å²) in [7, 11) is 1.60. The maximum absolute atomic E-state index is 13.1. The lowest BCUT2D eigenvalue weighted by atomic mass is 9.99. The third-order valence-corrected chi connectivity index (χ3v) is 6.76. The predicted octanol–water partition coefficient (Wildman–Crippen LogP) is 0.393. The molecule has 0 radical (unpaired) electrons. The van der Waals surface area contributed by atoms with Crippen molar-refractivity contribution in [2.75, 3.05) is 33.2 Å². The van der Waals surface area contributed by atoms with Crippen molar-refractivity contribution in [3.05, 3.63) is 82.0 Å². The normalized spacial score (nSPS) is 20.7. The highest BCUT2D eigenvalue weighted by molar-refractivity contribution is 5.94. The molecule has 2 aliphatic heterocycles. The van der Waals surface area contributed by atoms with E-state index in [0.717, 1.165) is 0 Å². The Kier molecular flexibility index (Phi) is 6.36. The van der Waals surface area contributed by atoms with Gasteiger partial charge in [0.1, 0.15) is 11.3 Å². The van der Waals surface area contributed by atoms with Gasteiger partial charge in [0.25, 0.3) is 17.4 Å². The average Bonchev–Trinajstić information content (AvgIpc) is 3.51. The summed E-state index contributed by atoms with van der Waals surface area (Å²) in [6.07, 6.45) is 3.56. The Morgan fingerprint density at radius 3 is 2.67 bits per heavy atom.